The summed E-state index contributed by atoms with van der Waals surface area (Å²) in [5, 5.41) is 3.59. The third-order valence-corrected chi connectivity index (χ3v) is 3.98. The van der Waals surface area contributed by atoms with E-state index in [2.05, 4.69) is 44.8 Å². The van der Waals surface area contributed by atoms with Gasteiger partial charge in [0.25, 0.3) is 0 Å². The van der Waals surface area contributed by atoms with Crippen LogP contribution in [0.25, 0.3) is 0 Å². The molecule has 0 aliphatic carbocycles. The second-order valence-corrected chi connectivity index (χ2v) is 5.84. The lowest BCUT2D eigenvalue weighted by Gasteiger charge is -2.42. The quantitative estimate of drug-likeness (QED) is 0.758. The molecule has 3 nitrogen and oxygen atoms in total. The van der Waals surface area contributed by atoms with Gasteiger partial charge in [-0.3, -0.25) is 4.90 Å². The molecule has 1 rings (SSSR count). The van der Waals surface area contributed by atoms with Gasteiger partial charge >= 0.3 is 0 Å². The van der Waals surface area contributed by atoms with Crippen molar-refractivity contribution < 1.29 is 4.74 Å². The summed E-state index contributed by atoms with van der Waals surface area (Å²) >= 11 is 0. The highest BCUT2D eigenvalue weighted by molar-refractivity contribution is 4.83. The summed E-state index contributed by atoms with van der Waals surface area (Å²) in [7, 11) is 0. The number of nitrogens with one attached hydrogen (secondary N) is 1. The highest BCUT2D eigenvalue weighted by atomic mass is 16.5. The molecule has 0 aromatic rings. The zero-order valence-electron chi connectivity index (χ0n) is 12.9. The second-order valence-electron chi connectivity index (χ2n) is 5.84. The summed E-state index contributed by atoms with van der Waals surface area (Å²) in [4.78, 5) is 2.65. The largest absolute Gasteiger partial charge is 0.376 e. The van der Waals surface area contributed by atoms with Gasteiger partial charge in [0.15, 0.2) is 0 Å². The average molecular weight is 256 g/mol. The summed E-state index contributed by atoms with van der Waals surface area (Å²) in [6, 6.07) is 1.85. The van der Waals surface area contributed by atoms with E-state index in [0.29, 0.717) is 24.2 Å². The number of hydrogen-bond donors (Lipinski definition) is 1. The molecule has 1 fully saturated rings. The van der Waals surface area contributed by atoms with Gasteiger partial charge < -0.3 is 10.1 Å². The summed E-state index contributed by atoms with van der Waals surface area (Å²) in [5.41, 5.74) is 0. The van der Waals surface area contributed by atoms with Crippen LogP contribution in [0.2, 0.25) is 0 Å². The van der Waals surface area contributed by atoms with Gasteiger partial charge in [0.05, 0.1) is 12.7 Å². The van der Waals surface area contributed by atoms with Crippen molar-refractivity contribution in [3.8, 4) is 0 Å². The molecule has 4 atom stereocenters. The smallest absolute Gasteiger partial charge is 0.0674 e. The third-order valence-electron chi connectivity index (χ3n) is 3.98. The molecule has 0 amide bonds. The Morgan fingerprint density at radius 1 is 1.33 bits per heavy atom. The molecule has 0 aromatic carbocycles. The SMILES string of the molecule is CCCNC(C)CC(C)N1CC(C)OCC1CC. The van der Waals surface area contributed by atoms with Gasteiger partial charge in [0.1, 0.15) is 0 Å². The van der Waals surface area contributed by atoms with Gasteiger partial charge in [-0.2, -0.15) is 0 Å². The molecule has 0 radical (unpaired) electrons. The molecule has 1 saturated heterocycles. The van der Waals surface area contributed by atoms with Crippen molar-refractivity contribution in [1.29, 1.82) is 0 Å². The van der Waals surface area contributed by atoms with Crippen LogP contribution in [-0.2, 0) is 4.74 Å². The lowest BCUT2D eigenvalue weighted by atomic mass is 10.0. The summed E-state index contributed by atoms with van der Waals surface area (Å²) < 4.78 is 5.77. The van der Waals surface area contributed by atoms with Crippen molar-refractivity contribution in [2.45, 2.75) is 78.1 Å². The first-order valence-electron chi connectivity index (χ1n) is 7.69. The number of rotatable bonds is 7. The van der Waals surface area contributed by atoms with E-state index >= 15 is 0 Å². The maximum absolute atomic E-state index is 5.77. The van der Waals surface area contributed by atoms with Gasteiger partial charge in [-0.05, 0) is 46.6 Å². The van der Waals surface area contributed by atoms with Crippen LogP contribution in [0.5, 0.6) is 0 Å². The minimum absolute atomic E-state index is 0.383. The van der Waals surface area contributed by atoms with E-state index in [-0.39, 0.29) is 0 Å². The maximum Gasteiger partial charge on any atom is 0.0674 e. The lowest BCUT2D eigenvalue weighted by Crippen LogP contribution is -2.53. The number of morpholine rings is 1. The van der Waals surface area contributed by atoms with Crippen molar-refractivity contribution >= 4 is 0 Å². The van der Waals surface area contributed by atoms with E-state index in [4.69, 9.17) is 4.74 Å². The Balaban J connectivity index is 2.44. The molecule has 0 saturated carbocycles. The zero-order valence-corrected chi connectivity index (χ0v) is 12.9. The minimum Gasteiger partial charge on any atom is -0.376 e. The van der Waals surface area contributed by atoms with Crippen LogP contribution < -0.4 is 5.32 Å². The van der Waals surface area contributed by atoms with Gasteiger partial charge in [-0.1, -0.05) is 13.8 Å². The molecule has 3 heteroatoms. The van der Waals surface area contributed by atoms with Crippen LogP contribution in [-0.4, -0.2) is 48.8 Å². The Labute approximate surface area is 113 Å². The maximum atomic E-state index is 5.77. The summed E-state index contributed by atoms with van der Waals surface area (Å²) in [5.74, 6) is 0. The van der Waals surface area contributed by atoms with Crippen LogP contribution in [0.1, 0.15) is 53.9 Å². The van der Waals surface area contributed by atoms with Gasteiger partial charge in [0, 0.05) is 24.7 Å². The van der Waals surface area contributed by atoms with Crippen molar-refractivity contribution in [3.05, 3.63) is 0 Å². The number of nitrogens with zero attached hydrogens (tertiary/aromatic N) is 1. The first-order valence-corrected chi connectivity index (χ1v) is 7.69. The lowest BCUT2D eigenvalue weighted by molar-refractivity contribution is -0.0717. The van der Waals surface area contributed by atoms with E-state index < -0.39 is 0 Å². The number of hydrogen-bond acceptors (Lipinski definition) is 3. The number of ether oxygens (including phenoxy) is 1. The van der Waals surface area contributed by atoms with Crippen molar-refractivity contribution in [3.63, 3.8) is 0 Å². The fraction of sp³-hybridized carbons (Fsp3) is 1.00. The monoisotopic (exact) mass is 256 g/mol. The van der Waals surface area contributed by atoms with Crippen molar-refractivity contribution in [2.24, 2.45) is 0 Å². The standard InChI is InChI=1S/C15H32N2O/c1-6-8-16-12(3)9-13(4)17-10-14(5)18-11-15(17)7-2/h12-16H,6-11H2,1-5H3. The predicted molar refractivity (Wildman–Crippen MR) is 78.0 cm³/mol. The predicted octanol–water partition coefficient (Wildman–Crippen LogP) is 2.65. The molecule has 1 aliphatic rings. The molecule has 0 aromatic heterocycles. The normalized spacial score (nSPS) is 29.2. The zero-order chi connectivity index (χ0) is 13.5. The molecule has 0 bridgehead atoms. The second kappa shape index (κ2) is 8.13. The van der Waals surface area contributed by atoms with E-state index in [1.54, 1.807) is 0 Å². The Morgan fingerprint density at radius 3 is 2.67 bits per heavy atom. The molecular formula is C15H32N2O. The van der Waals surface area contributed by atoms with Gasteiger partial charge in [0.2, 0.25) is 0 Å². The molecule has 108 valence electrons. The topological polar surface area (TPSA) is 24.5 Å². The average Bonchev–Trinajstić information content (AvgIpc) is 2.36. The fourth-order valence-corrected chi connectivity index (χ4v) is 2.88. The van der Waals surface area contributed by atoms with Crippen molar-refractivity contribution in [1.82, 2.24) is 10.2 Å². The highest BCUT2D eigenvalue weighted by Crippen LogP contribution is 2.19. The first kappa shape index (κ1) is 15.9. The van der Waals surface area contributed by atoms with Gasteiger partial charge in [-0.25, -0.2) is 0 Å². The minimum atomic E-state index is 0.383. The summed E-state index contributed by atoms with van der Waals surface area (Å²) in [6.07, 6.45) is 4.01. The van der Waals surface area contributed by atoms with E-state index in [0.717, 1.165) is 19.7 Å². The van der Waals surface area contributed by atoms with E-state index in [1.807, 2.05) is 0 Å². The molecular weight excluding hydrogens is 224 g/mol. The molecule has 18 heavy (non-hydrogen) atoms. The van der Waals surface area contributed by atoms with Crippen LogP contribution in [0.3, 0.4) is 0 Å². The van der Waals surface area contributed by atoms with E-state index in [9.17, 15) is 0 Å². The van der Waals surface area contributed by atoms with Crippen molar-refractivity contribution in [2.75, 3.05) is 19.7 Å². The molecule has 0 spiro atoms. The first-order chi connectivity index (χ1) is 8.58. The van der Waals surface area contributed by atoms with E-state index in [1.165, 1.54) is 19.3 Å². The molecule has 1 N–H and O–H groups in total. The fourth-order valence-electron chi connectivity index (χ4n) is 2.88. The van der Waals surface area contributed by atoms with Gasteiger partial charge in [-0.15, -0.1) is 0 Å². The molecule has 1 heterocycles. The Morgan fingerprint density at radius 2 is 2.06 bits per heavy atom. The Bertz CT molecular complexity index is 223. The Kier molecular flexibility index (Phi) is 7.20. The van der Waals surface area contributed by atoms with Crippen LogP contribution >= 0.6 is 0 Å². The summed E-state index contributed by atoms with van der Waals surface area (Å²) in [6.45, 7) is 14.5. The van der Waals surface area contributed by atoms with Crippen LogP contribution in [0.4, 0.5) is 0 Å². The third kappa shape index (κ3) is 4.87. The van der Waals surface area contributed by atoms with Crippen LogP contribution in [0, 0.1) is 0 Å². The molecule has 1 aliphatic heterocycles. The molecule has 4 unspecified atom stereocenters. The Hall–Kier alpha value is -0.120. The van der Waals surface area contributed by atoms with Crippen LogP contribution in [0.15, 0.2) is 0 Å². The highest BCUT2D eigenvalue weighted by Gasteiger charge is 2.29.